The molecule has 224 valence electrons. The Hall–Kier alpha value is -2.83. The first kappa shape index (κ1) is 31.7. The van der Waals surface area contributed by atoms with Crippen molar-refractivity contribution >= 4 is 47.3 Å². The molecule has 13 heteroatoms. The molecule has 0 aromatic heterocycles. The van der Waals surface area contributed by atoms with Gasteiger partial charge >= 0.3 is 12.0 Å². The van der Waals surface area contributed by atoms with Crippen LogP contribution >= 0.6 is 11.8 Å². The first-order valence-electron chi connectivity index (χ1n) is 14.1. The number of hydrogen-bond donors (Lipinski definition) is 5. The van der Waals surface area contributed by atoms with Gasteiger partial charge in [0.1, 0.15) is 23.0 Å². The van der Waals surface area contributed by atoms with Crippen LogP contribution in [0.5, 0.6) is 0 Å². The average Bonchev–Trinajstić information content (AvgIpc) is 3.24. The van der Waals surface area contributed by atoms with E-state index in [9.17, 15) is 33.9 Å². The zero-order chi connectivity index (χ0) is 29.8. The quantitative estimate of drug-likeness (QED) is 0.190. The number of Topliss-reactive ketones (excluding diaryl/α,β-unsaturated/α-hetero) is 1. The van der Waals surface area contributed by atoms with Crippen molar-refractivity contribution in [2.45, 2.75) is 114 Å². The summed E-state index contributed by atoms with van der Waals surface area (Å²) in [6.45, 7) is 7.48. The number of likely N-dealkylation sites (tertiary alicyclic amines) is 1. The second kappa shape index (κ2) is 12.8. The third kappa shape index (κ3) is 7.46. The number of carboxylic acid groups (broad SMARTS) is 1. The topological polar surface area (TPSA) is 188 Å². The number of carbonyl (C=O) groups is 6. The highest BCUT2D eigenvalue weighted by molar-refractivity contribution is 8.01. The molecular weight excluding hydrogens is 538 g/mol. The molecule has 3 rings (SSSR count). The number of nitrogens with two attached hydrogens (primary N) is 1. The Labute approximate surface area is 239 Å². The van der Waals surface area contributed by atoms with E-state index in [1.165, 1.54) is 16.7 Å². The third-order valence-electron chi connectivity index (χ3n) is 8.09. The smallest absolute Gasteiger partial charge is 0.329 e. The van der Waals surface area contributed by atoms with Crippen molar-refractivity contribution in [3.63, 3.8) is 0 Å². The molecule has 6 N–H and O–H groups in total. The average molecular weight is 582 g/mol. The molecule has 1 saturated heterocycles. The van der Waals surface area contributed by atoms with Crippen molar-refractivity contribution in [1.29, 1.82) is 0 Å². The van der Waals surface area contributed by atoms with Gasteiger partial charge < -0.3 is 31.7 Å². The highest BCUT2D eigenvalue weighted by atomic mass is 32.2. The van der Waals surface area contributed by atoms with Crippen LogP contribution in [0.25, 0.3) is 0 Å². The second-order valence-corrected chi connectivity index (χ2v) is 13.9. The number of nitrogens with one attached hydrogen (secondary N) is 3. The van der Waals surface area contributed by atoms with Crippen LogP contribution in [0.1, 0.15) is 85.5 Å². The number of nitrogens with zero attached hydrogens (tertiary/aromatic N) is 1. The molecule has 3 fully saturated rings. The lowest BCUT2D eigenvalue weighted by Gasteiger charge is -2.38. The molecule has 0 aromatic rings. The normalized spacial score (nSPS) is 24.2. The van der Waals surface area contributed by atoms with E-state index in [1.54, 1.807) is 20.8 Å². The maximum atomic E-state index is 13.9. The summed E-state index contributed by atoms with van der Waals surface area (Å²) in [5, 5.41) is 16.8. The fourth-order valence-corrected chi connectivity index (χ4v) is 6.91. The van der Waals surface area contributed by atoms with Crippen LogP contribution in [0, 0.1) is 11.3 Å². The van der Waals surface area contributed by atoms with Gasteiger partial charge in [0.05, 0.1) is 0 Å². The van der Waals surface area contributed by atoms with Crippen LogP contribution in [0.15, 0.2) is 0 Å². The predicted octanol–water partition coefficient (Wildman–Crippen LogP) is 1.51. The SMILES string of the molecule is CC1C[C@@H](C(=O)NC(SC2CCC2)C(=O)C(N)=O)N(C(=O)C(NC(=O)NC2(C(=O)O)CCCCC2)C(C)(C)C)C1. The zero-order valence-electron chi connectivity index (χ0n) is 23.8. The Kier molecular flexibility index (Phi) is 10.1. The van der Waals surface area contributed by atoms with Gasteiger partial charge in [-0.05, 0) is 43.4 Å². The van der Waals surface area contributed by atoms with Crippen LogP contribution in [0.3, 0.4) is 0 Å². The molecule has 1 heterocycles. The first-order chi connectivity index (χ1) is 18.6. The van der Waals surface area contributed by atoms with Crippen molar-refractivity contribution in [2.75, 3.05) is 6.54 Å². The fraction of sp³-hybridized carbons (Fsp3) is 0.778. The van der Waals surface area contributed by atoms with Crippen molar-refractivity contribution in [3.8, 4) is 0 Å². The Balaban J connectivity index is 1.76. The van der Waals surface area contributed by atoms with E-state index >= 15 is 0 Å². The number of urea groups is 1. The summed E-state index contributed by atoms with van der Waals surface area (Å²) in [5.74, 6) is -4.21. The Morgan fingerprint density at radius 3 is 2.12 bits per heavy atom. The number of hydrogen-bond acceptors (Lipinski definition) is 7. The van der Waals surface area contributed by atoms with E-state index in [0.29, 0.717) is 32.1 Å². The molecule has 0 spiro atoms. The summed E-state index contributed by atoms with van der Waals surface area (Å²) in [6.07, 6.45) is 5.95. The van der Waals surface area contributed by atoms with E-state index in [2.05, 4.69) is 16.0 Å². The number of rotatable bonds is 10. The summed E-state index contributed by atoms with van der Waals surface area (Å²) in [6, 6.07) is -2.73. The summed E-state index contributed by atoms with van der Waals surface area (Å²) in [4.78, 5) is 77.9. The number of aliphatic carboxylic acids is 1. The van der Waals surface area contributed by atoms with E-state index < -0.39 is 63.9 Å². The highest BCUT2D eigenvalue weighted by Crippen LogP contribution is 2.34. The maximum Gasteiger partial charge on any atom is 0.329 e. The van der Waals surface area contributed by atoms with Gasteiger partial charge in [0.25, 0.3) is 11.7 Å². The number of carboxylic acids is 1. The van der Waals surface area contributed by atoms with Crippen molar-refractivity contribution < 1.29 is 33.9 Å². The molecule has 3 aliphatic rings. The molecule has 2 saturated carbocycles. The predicted molar refractivity (Wildman–Crippen MR) is 149 cm³/mol. The summed E-state index contributed by atoms with van der Waals surface area (Å²) >= 11 is 1.20. The third-order valence-corrected chi connectivity index (χ3v) is 9.55. The largest absolute Gasteiger partial charge is 0.480 e. The van der Waals surface area contributed by atoms with Gasteiger partial charge in [-0.3, -0.25) is 19.2 Å². The highest BCUT2D eigenvalue weighted by Gasteiger charge is 2.46. The molecule has 3 unspecified atom stereocenters. The van der Waals surface area contributed by atoms with Gasteiger partial charge in [0, 0.05) is 11.8 Å². The molecule has 2 aliphatic carbocycles. The van der Waals surface area contributed by atoms with Crippen molar-refractivity contribution in [2.24, 2.45) is 17.1 Å². The van der Waals surface area contributed by atoms with Crippen molar-refractivity contribution in [3.05, 3.63) is 0 Å². The monoisotopic (exact) mass is 581 g/mol. The van der Waals surface area contributed by atoms with E-state index in [1.807, 2.05) is 6.92 Å². The van der Waals surface area contributed by atoms with Gasteiger partial charge in [0.15, 0.2) is 0 Å². The van der Waals surface area contributed by atoms with Gasteiger partial charge in [-0.15, -0.1) is 11.8 Å². The number of ketones is 1. The molecule has 1 aliphatic heterocycles. The molecule has 5 amide bonds. The van der Waals surface area contributed by atoms with Gasteiger partial charge in [-0.2, -0.15) is 0 Å². The maximum absolute atomic E-state index is 13.9. The van der Waals surface area contributed by atoms with E-state index in [-0.39, 0.29) is 17.7 Å². The molecule has 0 aromatic carbocycles. The Morgan fingerprint density at radius 1 is 1.00 bits per heavy atom. The molecule has 0 bridgehead atoms. The van der Waals surface area contributed by atoms with E-state index in [4.69, 9.17) is 5.73 Å². The Bertz CT molecular complexity index is 1020. The lowest BCUT2D eigenvalue weighted by molar-refractivity contribution is -0.145. The molecular formula is C27H43N5O7S. The van der Waals surface area contributed by atoms with Crippen molar-refractivity contribution in [1.82, 2.24) is 20.9 Å². The van der Waals surface area contributed by atoms with Gasteiger partial charge in [-0.25, -0.2) is 9.59 Å². The molecule has 40 heavy (non-hydrogen) atoms. The summed E-state index contributed by atoms with van der Waals surface area (Å²) in [7, 11) is 0. The number of thioether (sulfide) groups is 1. The van der Waals surface area contributed by atoms with Crippen LogP contribution in [0.4, 0.5) is 4.79 Å². The Morgan fingerprint density at radius 2 is 1.62 bits per heavy atom. The lowest BCUT2D eigenvalue weighted by Crippen LogP contribution is -2.63. The number of primary amides is 1. The number of carbonyl (C=O) groups excluding carboxylic acids is 5. The van der Waals surface area contributed by atoms with Crippen LogP contribution < -0.4 is 21.7 Å². The summed E-state index contributed by atoms with van der Waals surface area (Å²) in [5.41, 5.74) is 3.07. The molecule has 0 radical (unpaired) electrons. The minimum absolute atomic E-state index is 0.0313. The lowest BCUT2D eigenvalue weighted by atomic mass is 9.81. The first-order valence-corrected chi connectivity index (χ1v) is 15.0. The zero-order valence-corrected chi connectivity index (χ0v) is 24.6. The van der Waals surface area contributed by atoms with Gasteiger partial charge in [-0.1, -0.05) is 53.4 Å². The minimum atomic E-state index is -1.39. The number of amides is 5. The van der Waals surface area contributed by atoms with Crippen LogP contribution in [-0.4, -0.2) is 80.3 Å². The standard InChI is InChI=1S/C27H43N5O7S/c1-15-13-17(21(35)30-22(18(33)20(28)34)40-16-9-8-10-16)32(14-15)23(36)19(26(2,3)4)29-25(39)31-27(24(37)38)11-6-5-7-12-27/h15-17,19,22H,5-14H2,1-4H3,(H2,28,34)(H,30,35)(H,37,38)(H2,29,31,39)/t15?,17-,19?,22?/m0/s1. The summed E-state index contributed by atoms with van der Waals surface area (Å²) < 4.78 is 0. The van der Waals surface area contributed by atoms with E-state index in [0.717, 1.165) is 25.7 Å². The van der Waals surface area contributed by atoms with Gasteiger partial charge in [0.2, 0.25) is 11.8 Å². The fourth-order valence-electron chi connectivity index (χ4n) is 5.50. The minimum Gasteiger partial charge on any atom is -0.480 e. The second-order valence-electron chi connectivity index (χ2n) is 12.5. The molecule has 12 nitrogen and oxygen atoms in total. The van der Waals surface area contributed by atoms with Crippen LogP contribution in [-0.2, 0) is 24.0 Å². The molecule has 4 atom stereocenters. The van der Waals surface area contributed by atoms with Crippen LogP contribution in [0.2, 0.25) is 0 Å².